The van der Waals surface area contributed by atoms with Crippen molar-refractivity contribution < 1.29 is 0 Å². The molecule has 1 saturated heterocycles. The molecule has 4 heterocycles. The number of nitrogens with zero attached hydrogens (tertiary/aromatic N) is 5. The van der Waals surface area contributed by atoms with Crippen molar-refractivity contribution in [2.24, 2.45) is 0 Å². The Morgan fingerprint density at radius 3 is 2.62 bits per heavy atom. The van der Waals surface area contributed by atoms with E-state index in [1.165, 1.54) is 23.8 Å². The molecule has 6 rings (SSSR count). The molecule has 7 heteroatoms. The molecule has 7 nitrogen and oxygen atoms in total. The predicted molar refractivity (Wildman–Crippen MR) is 127 cm³/mol. The number of nitrogens with one attached hydrogen (secondary N) is 2. The summed E-state index contributed by atoms with van der Waals surface area (Å²) in [7, 11) is 0. The average Bonchev–Trinajstić information content (AvgIpc) is 3.70. The third-order valence-electron chi connectivity index (χ3n) is 6.12. The normalized spacial score (nSPS) is 16.3. The van der Waals surface area contributed by atoms with Crippen LogP contribution in [0.2, 0.25) is 0 Å². The lowest BCUT2D eigenvalue weighted by Crippen LogP contribution is -2.44. The molecule has 0 amide bonds. The first-order chi connectivity index (χ1) is 15.8. The van der Waals surface area contributed by atoms with Crippen molar-refractivity contribution in [3.8, 4) is 11.4 Å². The van der Waals surface area contributed by atoms with Gasteiger partial charge in [0.05, 0.1) is 11.7 Å². The van der Waals surface area contributed by atoms with Crippen LogP contribution in [0.25, 0.3) is 22.3 Å². The van der Waals surface area contributed by atoms with Crippen molar-refractivity contribution in [2.45, 2.75) is 18.8 Å². The highest BCUT2D eigenvalue weighted by molar-refractivity contribution is 5.94. The Kier molecular flexibility index (Phi) is 4.88. The fourth-order valence-electron chi connectivity index (χ4n) is 4.33. The Hall–Kier alpha value is -3.58. The molecule has 1 aliphatic carbocycles. The van der Waals surface area contributed by atoms with Gasteiger partial charge in [0, 0.05) is 55.2 Å². The van der Waals surface area contributed by atoms with Gasteiger partial charge in [-0.3, -0.25) is 4.98 Å². The first-order valence-corrected chi connectivity index (χ1v) is 11.2. The topological polar surface area (TPSA) is 78.9 Å². The van der Waals surface area contributed by atoms with Crippen molar-refractivity contribution in [3.63, 3.8) is 0 Å². The Balaban J connectivity index is 1.45. The van der Waals surface area contributed by atoms with Gasteiger partial charge in [-0.15, -0.1) is 0 Å². The summed E-state index contributed by atoms with van der Waals surface area (Å²) in [5.41, 5.74) is 4.15. The molecule has 0 spiro atoms. The molecular formula is C25H25N7. The Bertz CT molecular complexity index is 1250. The Morgan fingerprint density at radius 2 is 1.81 bits per heavy atom. The van der Waals surface area contributed by atoms with Crippen LogP contribution in [-0.2, 0) is 0 Å². The molecule has 3 aromatic heterocycles. The van der Waals surface area contributed by atoms with E-state index in [1.54, 1.807) is 6.20 Å². The zero-order valence-corrected chi connectivity index (χ0v) is 17.8. The molecule has 0 bridgehead atoms. The van der Waals surface area contributed by atoms with Gasteiger partial charge >= 0.3 is 0 Å². The van der Waals surface area contributed by atoms with Crippen LogP contribution >= 0.6 is 0 Å². The number of hydrogen-bond donors (Lipinski definition) is 2. The first-order valence-electron chi connectivity index (χ1n) is 11.2. The molecule has 160 valence electrons. The molecule has 1 aromatic carbocycles. The molecule has 0 unspecified atom stereocenters. The van der Waals surface area contributed by atoms with Gasteiger partial charge in [0.2, 0.25) is 0 Å². The number of para-hydroxylation sites is 1. The minimum absolute atomic E-state index is 0.588. The van der Waals surface area contributed by atoms with Crippen molar-refractivity contribution in [1.29, 1.82) is 0 Å². The SMILES string of the molecule is c1ccc(Nc2cc(-c3nc(N4CCNCC4)c4c(C5CC5)cncc4n3)ccn2)cc1. The number of aromatic nitrogens is 4. The second-order valence-corrected chi connectivity index (χ2v) is 8.43. The zero-order valence-electron chi connectivity index (χ0n) is 17.8. The minimum atomic E-state index is 0.588. The average molecular weight is 424 g/mol. The van der Waals surface area contributed by atoms with E-state index in [0.717, 1.165) is 54.6 Å². The molecule has 1 saturated carbocycles. The molecule has 2 N–H and O–H groups in total. The second kappa shape index (κ2) is 8.16. The lowest BCUT2D eigenvalue weighted by molar-refractivity contribution is 0.586. The molecule has 2 fully saturated rings. The third-order valence-corrected chi connectivity index (χ3v) is 6.12. The van der Waals surface area contributed by atoms with E-state index in [2.05, 4.69) is 25.5 Å². The fourth-order valence-corrected chi connectivity index (χ4v) is 4.33. The molecule has 32 heavy (non-hydrogen) atoms. The van der Waals surface area contributed by atoms with Crippen LogP contribution in [0.4, 0.5) is 17.3 Å². The lowest BCUT2D eigenvalue weighted by Gasteiger charge is -2.30. The van der Waals surface area contributed by atoms with E-state index in [9.17, 15) is 0 Å². The summed E-state index contributed by atoms with van der Waals surface area (Å²) in [6, 6.07) is 14.0. The summed E-state index contributed by atoms with van der Waals surface area (Å²) in [6.07, 6.45) is 8.15. The zero-order chi connectivity index (χ0) is 21.3. The largest absolute Gasteiger partial charge is 0.353 e. The predicted octanol–water partition coefficient (Wildman–Crippen LogP) is 4.12. The standard InChI is InChI=1S/C25H25N7/c1-2-4-19(5-3-1)29-22-14-18(8-9-28-22)24-30-21-16-27-15-20(17-6-7-17)23(21)25(31-24)32-12-10-26-11-13-32/h1-5,8-9,14-17,26H,6-7,10-13H2,(H,28,29). The molecule has 0 radical (unpaired) electrons. The highest BCUT2D eigenvalue weighted by Gasteiger charge is 2.29. The van der Waals surface area contributed by atoms with Gasteiger partial charge < -0.3 is 15.5 Å². The Morgan fingerprint density at radius 1 is 0.969 bits per heavy atom. The highest BCUT2D eigenvalue weighted by Crippen LogP contribution is 2.44. The van der Waals surface area contributed by atoms with E-state index < -0.39 is 0 Å². The number of piperazine rings is 1. The molecule has 2 aliphatic rings. The van der Waals surface area contributed by atoms with Crippen LogP contribution in [0.3, 0.4) is 0 Å². The number of anilines is 3. The number of fused-ring (bicyclic) bond motifs is 1. The lowest BCUT2D eigenvalue weighted by atomic mass is 10.1. The quantitative estimate of drug-likeness (QED) is 0.500. The van der Waals surface area contributed by atoms with Crippen molar-refractivity contribution in [2.75, 3.05) is 36.4 Å². The maximum atomic E-state index is 5.12. The van der Waals surface area contributed by atoms with Gasteiger partial charge in [0.25, 0.3) is 0 Å². The maximum absolute atomic E-state index is 5.12. The van der Waals surface area contributed by atoms with E-state index in [-0.39, 0.29) is 0 Å². The number of benzene rings is 1. The molecule has 0 atom stereocenters. The van der Waals surface area contributed by atoms with Gasteiger partial charge in [-0.25, -0.2) is 15.0 Å². The van der Waals surface area contributed by atoms with Crippen LogP contribution in [0.5, 0.6) is 0 Å². The summed E-state index contributed by atoms with van der Waals surface area (Å²) in [6.45, 7) is 3.81. The van der Waals surface area contributed by atoms with Crippen molar-refractivity contribution in [1.82, 2.24) is 25.3 Å². The second-order valence-electron chi connectivity index (χ2n) is 8.43. The van der Waals surface area contributed by atoms with Gasteiger partial charge in [-0.2, -0.15) is 0 Å². The smallest absolute Gasteiger partial charge is 0.162 e. The number of rotatable bonds is 5. The summed E-state index contributed by atoms with van der Waals surface area (Å²) in [4.78, 5) is 21.5. The van der Waals surface area contributed by atoms with E-state index in [0.29, 0.717) is 11.7 Å². The van der Waals surface area contributed by atoms with Crippen LogP contribution in [0.1, 0.15) is 24.3 Å². The molecule has 4 aromatic rings. The van der Waals surface area contributed by atoms with Crippen LogP contribution in [0, 0.1) is 0 Å². The molecule has 1 aliphatic heterocycles. The van der Waals surface area contributed by atoms with Crippen molar-refractivity contribution in [3.05, 3.63) is 66.6 Å². The number of hydrogen-bond acceptors (Lipinski definition) is 7. The third kappa shape index (κ3) is 3.76. The van der Waals surface area contributed by atoms with Crippen LogP contribution in [0.15, 0.2) is 61.1 Å². The van der Waals surface area contributed by atoms with Gasteiger partial charge in [-0.1, -0.05) is 18.2 Å². The summed E-state index contributed by atoms with van der Waals surface area (Å²) >= 11 is 0. The maximum Gasteiger partial charge on any atom is 0.162 e. The molecular weight excluding hydrogens is 398 g/mol. The monoisotopic (exact) mass is 423 g/mol. The van der Waals surface area contributed by atoms with Gasteiger partial charge in [-0.05, 0) is 48.6 Å². The minimum Gasteiger partial charge on any atom is -0.353 e. The van der Waals surface area contributed by atoms with Gasteiger partial charge in [0.1, 0.15) is 11.6 Å². The van der Waals surface area contributed by atoms with E-state index in [1.807, 2.05) is 54.9 Å². The summed E-state index contributed by atoms with van der Waals surface area (Å²) in [5, 5.41) is 7.98. The van der Waals surface area contributed by atoms with Crippen molar-refractivity contribution >= 4 is 28.2 Å². The van der Waals surface area contributed by atoms with E-state index in [4.69, 9.17) is 9.97 Å². The summed E-state index contributed by atoms with van der Waals surface area (Å²) in [5.74, 6) is 3.10. The first kappa shape index (κ1) is 19.1. The van der Waals surface area contributed by atoms with E-state index >= 15 is 0 Å². The fraction of sp³-hybridized carbons (Fsp3) is 0.280. The summed E-state index contributed by atoms with van der Waals surface area (Å²) < 4.78 is 0. The van der Waals surface area contributed by atoms with Gasteiger partial charge in [0.15, 0.2) is 5.82 Å². The Labute approximate surface area is 187 Å². The van der Waals surface area contributed by atoms with Crippen LogP contribution < -0.4 is 15.5 Å². The van der Waals surface area contributed by atoms with Crippen LogP contribution in [-0.4, -0.2) is 46.1 Å². The highest BCUT2D eigenvalue weighted by atomic mass is 15.2. The number of pyridine rings is 2.